The average molecular weight is 269 g/mol. The third kappa shape index (κ3) is 3.60. The van der Waals surface area contributed by atoms with Gasteiger partial charge in [0.1, 0.15) is 5.60 Å². The smallest absolute Gasteiger partial charge is 0.407 e. The molecular formula is C12H19N3O2S. The molecule has 1 saturated heterocycles. The zero-order chi connectivity index (χ0) is 13.2. The Morgan fingerprint density at radius 3 is 3.00 bits per heavy atom. The van der Waals surface area contributed by atoms with E-state index in [9.17, 15) is 4.79 Å². The standard InChI is InChI=1S/C12H19N3O2S/c1-12(2,3)17-11(16)14-9-4-6-15(8-9)10-13-5-7-18-10/h5,7,9H,4,6,8H2,1-3H3,(H,14,16)/t9-/m1/s1. The normalized spacial score (nSPS) is 19.9. The van der Waals surface area contributed by atoms with Crippen LogP contribution in [0.3, 0.4) is 0 Å². The van der Waals surface area contributed by atoms with Gasteiger partial charge in [-0.15, -0.1) is 11.3 Å². The third-order valence-corrected chi connectivity index (χ3v) is 3.43. The zero-order valence-corrected chi connectivity index (χ0v) is 11.8. The lowest BCUT2D eigenvalue weighted by Crippen LogP contribution is -2.40. The predicted octanol–water partition coefficient (Wildman–Crippen LogP) is 2.25. The van der Waals surface area contributed by atoms with E-state index in [1.165, 1.54) is 0 Å². The van der Waals surface area contributed by atoms with Crippen LogP contribution in [0.4, 0.5) is 9.93 Å². The number of carbonyl (C=O) groups is 1. The average Bonchev–Trinajstić information content (AvgIpc) is 2.82. The number of alkyl carbamates (subject to hydrolysis) is 1. The first-order chi connectivity index (χ1) is 8.44. The van der Waals surface area contributed by atoms with Crippen molar-refractivity contribution < 1.29 is 9.53 Å². The first kappa shape index (κ1) is 13.1. The van der Waals surface area contributed by atoms with Crippen molar-refractivity contribution in [2.75, 3.05) is 18.0 Å². The fourth-order valence-corrected chi connectivity index (χ4v) is 2.58. The molecule has 1 atom stereocenters. The van der Waals surface area contributed by atoms with Crippen molar-refractivity contribution in [1.29, 1.82) is 0 Å². The van der Waals surface area contributed by atoms with Crippen LogP contribution >= 0.6 is 11.3 Å². The predicted molar refractivity (Wildman–Crippen MR) is 72.1 cm³/mol. The Hall–Kier alpha value is -1.30. The highest BCUT2D eigenvalue weighted by Crippen LogP contribution is 2.22. The minimum atomic E-state index is -0.447. The van der Waals surface area contributed by atoms with Gasteiger partial charge >= 0.3 is 6.09 Å². The first-order valence-corrected chi connectivity index (χ1v) is 6.96. The fraction of sp³-hybridized carbons (Fsp3) is 0.667. The summed E-state index contributed by atoms with van der Waals surface area (Å²) in [5.74, 6) is 0. The van der Waals surface area contributed by atoms with E-state index in [1.807, 2.05) is 26.2 Å². The number of amides is 1. The van der Waals surface area contributed by atoms with E-state index < -0.39 is 5.60 Å². The van der Waals surface area contributed by atoms with Crippen LogP contribution in [-0.2, 0) is 4.74 Å². The number of thiazole rings is 1. The lowest BCUT2D eigenvalue weighted by atomic mass is 10.2. The topological polar surface area (TPSA) is 54.5 Å². The van der Waals surface area contributed by atoms with Crippen LogP contribution in [0.15, 0.2) is 11.6 Å². The molecule has 6 heteroatoms. The van der Waals surface area contributed by atoms with Crippen molar-refractivity contribution in [2.45, 2.75) is 38.8 Å². The van der Waals surface area contributed by atoms with Crippen LogP contribution < -0.4 is 10.2 Å². The lowest BCUT2D eigenvalue weighted by molar-refractivity contribution is 0.0509. The molecule has 0 aromatic carbocycles. The highest BCUT2D eigenvalue weighted by Gasteiger charge is 2.27. The van der Waals surface area contributed by atoms with Gasteiger partial charge in [-0.1, -0.05) is 0 Å². The van der Waals surface area contributed by atoms with E-state index in [4.69, 9.17) is 4.74 Å². The summed E-state index contributed by atoms with van der Waals surface area (Å²) in [7, 11) is 0. The summed E-state index contributed by atoms with van der Waals surface area (Å²) in [5, 5.41) is 5.88. The van der Waals surface area contributed by atoms with Crippen LogP contribution in [0.5, 0.6) is 0 Å². The van der Waals surface area contributed by atoms with E-state index in [2.05, 4.69) is 15.2 Å². The summed E-state index contributed by atoms with van der Waals surface area (Å²) in [4.78, 5) is 18.1. The number of nitrogens with one attached hydrogen (secondary N) is 1. The Morgan fingerprint density at radius 2 is 2.39 bits per heavy atom. The van der Waals surface area contributed by atoms with Gasteiger partial charge in [-0.2, -0.15) is 0 Å². The van der Waals surface area contributed by atoms with Gasteiger partial charge in [0.05, 0.1) is 6.04 Å². The lowest BCUT2D eigenvalue weighted by Gasteiger charge is -2.21. The first-order valence-electron chi connectivity index (χ1n) is 6.08. The number of ether oxygens (including phenoxy) is 1. The molecule has 1 aliphatic heterocycles. The molecule has 18 heavy (non-hydrogen) atoms. The summed E-state index contributed by atoms with van der Waals surface area (Å²) in [6.07, 6.45) is 2.39. The Balaban J connectivity index is 1.81. The van der Waals surface area contributed by atoms with Gasteiger partial charge in [0.15, 0.2) is 5.13 Å². The molecule has 1 aliphatic rings. The van der Waals surface area contributed by atoms with Crippen molar-refractivity contribution in [3.63, 3.8) is 0 Å². The maximum atomic E-state index is 11.6. The van der Waals surface area contributed by atoms with Gasteiger partial charge in [0.2, 0.25) is 0 Å². The molecule has 1 amide bonds. The number of hydrogen-bond donors (Lipinski definition) is 1. The number of anilines is 1. The largest absolute Gasteiger partial charge is 0.444 e. The highest BCUT2D eigenvalue weighted by atomic mass is 32.1. The van der Waals surface area contributed by atoms with E-state index >= 15 is 0 Å². The summed E-state index contributed by atoms with van der Waals surface area (Å²) >= 11 is 1.62. The second-order valence-electron chi connectivity index (χ2n) is 5.39. The summed E-state index contributed by atoms with van der Waals surface area (Å²) in [5.41, 5.74) is -0.447. The molecule has 2 rings (SSSR count). The fourth-order valence-electron chi connectivity index (χ4n) is 1.90. The number of carbonyl (C=O) groups excluding carboxylic acids is 1. The number of aromatic nitrogens is 1. The van der Waals surface area contributed by atoms with E-state index in [0.29, 0.717) is 0 Å². The van der Waals surface area contributed by atoms with Gasteiger partial charge in [-0.05, 0) is 27.2 Å². The van der Waals surface area contributed by atoms with Gasteiger partial charge in [-0.25, -0.2) is 9.78 Å². The monoisotopic (exact) mass is 269 g/mol. The second kappa shape index (κ2) is 5.14. The Kier molecular flexibility index (Phi) is 3.75. The van der Waals surface area contributed by atoms with Gasteiger partial charge in [-0.3, -0.25) is 0 Å². The van der Waals surface area contributed by atoms with Crippen LogP contribution in [0.1, 0.15) is 27.2 Å². The van der Waals surface area contributed by atoms with Gasteiger partial charge in [0, 0.05) is 24.7 Å². The Morgan fingerprint density at radius 1 is 1.61 bits per heavy atom. The highest BCUT2D eigenvalue weighted by molar-refractivity contribution is 7.13. The van der Waals surface area contributed by atoms with E-state index in [-0.39, 0.29) is 12.1 Å². The van der Waals surface area contributed by atoms with E-state index in [0.717, 1.165) is 24.6 Å². The zero-order valence-electron chi connectivity index (χ0n) is 11.0. The number of nitrogens with zero attached hydrogens (tertiary/aromatic N) is 2. The van der Waals surface area contributed by atoms with Crippen LogP contribution in [0.2, 0.25) is 0 Å². The molecule has 0 bridgehead atoms. The summed E-state index contributed by atoms with van der Waals surface area (Å²) in [6, 6.07) is 0.142. The summed E-state index contributed by atoms with van der Waals surface area (Å²) < 4.78 is 5.24. The van der Waals surface area contributed by atoms with Crippen molar-refractivity contribution in [2.24, 2.45) is 0 Å². The molecular weight excluding hydrogens is 250 g/mol. The molecule has 0 aliphatic carbocycles. The molecule has 1 N–H and O–H groups in total. The molecule has 0 unspecified atom stereocenters. The molecule has 2 heterocycles. The van der Waals surface area contributed by atoms with Crippen LogP contribution in [0, 0.1) is 0 Å². The van der Waals surface area contributed by atoms with E-state index in [1.54, 1.807) is 17.5 Å². The Bertz CT molecular complexity index is 400. The third-order valence-electron chi connectivity index (χ3n) is 2.60. The number of rotatable bonds is 2. The summed E-state index contributed by atoms with van der Waals surface area (Å²) in [6.45, 7) is 7.32. The van der Waals surface area contributed by atoms with Crippen molar-refractivity contribution in [3.8, 4) is 0 Å². The molecule has 1 aromatic heterocycles. The molecule has 0 saturated carbocycles. The van der Waals surface area contributed by atoms with Crippen LogP contribution in [0.25, 0.3) is 0 Å². The minimum absolute atomic E-state index is 0.142. The SMILES string of the molecule is CC(C)(C)OC(=O)N[C@@H]1CCN(c2nccs2)C1. The Labute approximate surface area is 111 Å². The molecule has 1 fully saturated rings. The molecule has 1 aromatic rings. The molecule has 100 valence electrons. The van der Waals surface area contributed by atoms with Crippen molar-refractivity contribution in [3.05, 3.63) is 11.6 Å². The maximum Gasteiger partial charge on any atom is 0.407 e. The molecule has 5 nitrogen and oxygen atoms in total. The molecule has 0 radical (unpaired) electrons. The molecule has 0 spiro atoms. The maximum absolute atomic E-state index is 11.6. The van der Waals surface area contributed by atoms with Crippen molar-refractivity contribution >= 4 is 22.6 Å². The second-order valence-corrected chi connectivity index (χ2v) is 6.27. The van der Waals surface area contributed by atoms with Gasteiger partial charge in [0.25, 0.3) is 0 Å². The number of hydrogen-bond acceptors (Lipinski definition) is 5. The minimum Gasteiger partial charge on any atom is -0.444 e. The van der Waals surface area contributed by atoms with Crippen LogP contribution in [-0.4, -0.2) is 35.8 Å². The van der Waals surface area contributed by atoms with Crippen molar-refractivity contribution in [1.82, 2.24) is 10.3 Å². The quantitative estimate of drug-likeness (QED) is 0.894. The van der Waals surface area contributed by atoms with Gasteiger partial charge < -0.3 is 15.0 Å².